The summed E-state index contributed by atoms with van der Waals surface area (Å²) in [6, 6.07) is 13.0. The van der Waals surface area contributed by atoms with Crippen molar-refractivity contribution in [3.05, 3.63) is 71.0 Å². The number of carbonyl (C=O) groups is 2. The van der Waals surface area contributed by atoms with E-state index in [1.54, 1.807) is 30.3 Å². The number of ketones is 1. The fraction of sp³-hybridized carbons (Fsp3) is 0.440. The van der Waals surface area contributed by atoms with Crippen LogP contribution in [-0.2, 0) is 6.42 Å². The van der Waals surface area contributed by atoms with Gasteiger partial charge in [-0.25, -0.2) is 4.39 Å². The minimum atomic E-state index is -0.722. The Morgan fingerprint density at radius 3 is 2.35 bits per heavy atom. The first-order valence-electron chi connectivity index (χ1n) is 10.8. The molecule has 0 bridgehead atoms. The Morgan fingerprint density at radius 1 is 1.06 bits per heavy atom. The predicted octanol–water partition coefficient (Wildman–Crippen LogP) is 3.71. The lowest BCUT2D eigenvalue weighted by atomic mass is 10.1. The van der Waals surface area contributed by atoms with Crippen molar-refractivity contribution in [3.63, 3.8) is 0 Å². The van der Waals surface area contributed by atoms with E-state index < -0.39 is 6.10 Å². The molecule has 0 spiro atoms. The molecule has 0 saturated heterocycles. The molecule has 0 radical (unpaired) electrons. The molecule has 0 aromatic heterocycles. The Labute approximate surface area is 184 Å². The summed E-state index contributed by atoms with van der Waals surface area (Å²) in [7, 11) is 0. The summed E-state index contributed by atoms with van der Waals surface area (Å²) in [5, 5.41) is 13.2. The van der Waals surface area contributed by atoms with Crippen LogP contribution in [0.15, 0.2) is 48.5 Å². The van der Waals surface area contributed by atoms with E-state index in [-0.39, 0.29) is 24.1 Å². The van der Waals surface area contributed by atoms with Crippen LogP contribution in [0.4, 0.5) is 4.39 Å². The van der Waals surface area contributed by atoms with Crippen molar-refractivity contribution in [1.29, 1.82) is 0 Å². The summed E-state index contributed by atoms with van der Waals surface area (Å²) in [4.78, 5) is 25.8. The van der Waals surface area contributed by atoms with Gasteiger partial charge in [-0.3, -0.25) is 9.59 Å². The zero-order valence-electron chi connectivity index (χ0n) is 18.6. The Kier molecular flexibility index (Phi) is 9.82. The fourth-order valence-corrected chi connectivity index (χ4v) is 3.25. The number of hydrogen-bond acceptors (Lipinski definition) is 4. The summed E-state index contributed by atoms with van der Waals surface area (Å²) in [6.07, 6.45) is 0.961. The van der Waals surface area contributed by atoms with E-state index in [9.17, 15) is 19.1 Å². The average Bonchev–Trinajstić information content (AvgIpc) is 2.74. The van der Waals surface area contributed by atoms with Gasteiger partial charge in [0, 0.05) is 30.8 Å². The van der Waals surface area contributed by atoms with Crippen LogP contribution in [0.2, 0.25) is 0 Å². The van der Waals surface area contributed by atoms with Gasteiger partial charge >= 0.3 is 0 Å². The van der Waals surface area contributed by atoms with Crippen LogP contribution in [0.3, 0.4) is 0 Å². The molecule has 2 rings (SSSR count). The lowest BCUT2D eigenvalue weighted by Crippen LogP contribution is -2.41. The molecule has 5 nitrogen and oxygen atoms in total. The van der Waals surface area contributed by atoms with Gasteiger partial charge in [0.05, 0.1) is 6.10 Å². The number of Topliss-reactive ketones (excluding diaryl/α,β-unsaturated/α-hetero) is 1. The van der Waals surface area contributed by atoms with Gasteiger partial charge in [0.2, 0.25) is 0 Å². The lowest BCUT2D eigenvalue weighted by Gasteiger charge is -2.26. The third-order valence-corrected chi connectivity index (χ3v) is 5.15. The summed E-state index contributed by atoms with van der Waals surface area (Å²) in [5.41, 5.74) is 1.92. The third-order valence-electron chi connectivity index (χ3n) is 5.15. The van der Waals surface area contributed by atoms with E-state index in [2.05, 4.69) is 24.1 Å². The van der Waals surface area contributed by atoms with Crippen molar-refractivity contribution in [2.24, 2.45) is 5.92 Å². The molecule has 0 heterocycles. The van der Waals surface area contributed by atoms with Crippen molar-refractivity contribution >= 4 is 11.7 Å². The number of hydrogen-bond donors (Lipinski definition) is 2. The SMILES string of the molecule is CC(=O)c1ccc(C(=O)NCC(O)CN(CCc2cccc(F)c2)CCC(C)C)cc1. The molecule has 0 aliphatic heterocycles. The van der Waals surface area contributed by atoms with E-state index in [0.717, 1.165) is 18.5 Å². The highest BCUT2D eigenvalue weighted by molar-refractivity contribution is 5.97. The van der Waals surface area contributed by atoms with Crippen molar-refractivity contribution in [2.75, 3.05) is 26.2 Å². The smallest absolute Gasteiger partial charge is 0.251 e. The summed E-state index contributed by atoms with van der Waals surface area (Å²) in [6.45, 7) is 7.86. The minimum Gasteiger partial charge on any atom is -0.390 e. The van der Waals surface area contributed by atoms with E-state index in [4.69, 9.17) is 0 Å². The maximum Gasteiger partial charge on any atom is 0.251 e. The van der Waals surface area contributed by atoms with Gasteiger partial charge in [0.25, 0.3) is 5.91 Å². The molecule has 1 unspecified atom stereocenters. The molecule has 6 heteroatoms. The molecule has 1 atom stereocenters. The first-order chi connectivity index (χ1) is 14.7. The van der Waals surface area contributed by atoms with Crippen molar-refractivity contribution in [2.45, 2.75) is 39.7 Å². The number of nitrogens with one attached hydrogen (secondary N) is 1. The molecule has 2 N–H and O–H groups in total. The van der Waals surface area contributed by atoms with E-state index >= 15 is 0 Å². The van der Waals surface area contributed by atoms with Crippen LogP contribution in [0.1, 0.15) is 53.5 Å². The number of nitrogens with zero attached hydrogens (tertiary/aromatic N) is 1. The number of aliphatic hydroxyl groups excluding tert-OH is 1. The molecule has 168 valence electrons. The Balaban J connectivity index is 1.86. The molecule has 0 aliphatic carbocycles. The lowest BCUT2D eigenvalue weighted by molar-refractivity contribution is 0.0854. The number of halogens is 1. The van der Waals surface area contributed by atoms with Crippen molar-refractivity contribution in [1.82, 2.24) is 10.2 Å². The van der Waals surface area contributed by atoms with Gasteiger partial charge in [-0.15, -0.1) is 0 Å². The zero-order chi connectivity index (χ0) is 22.8. The highest BCUT2D eigenvalue weighted by Gasteiger charge is 2.15. The maximum atomic E-state index is 13.4. The zero-order valence-corrected chi connectivity index (χ0v) is 18.6. The molecule has 2 aromatic carbocycles. The maximum absolute atomic E-state index is 13.4. The second kappa shape index (κ2) is 12.3. The van der Waals surface area contributed by atoms with E-state index in [1.807, 2.05) is 6.07 Å². The van der Waals surface area contributed by atoms with Gasteiger partial charge in [-0.2, -0.15) is 0 Å². The highest BCUT2D eigenvalue weighted by Crippen LogP contribution is 2.09. The van der Waals surface area contributed by atoms with Crippen LogP contribution in [0.25, 0.3) is 0 Å². The summed E-state index contributed by atoms with van der Waals surface area (Å²) in [5.74, 6) is -0.0541. The van der Waals surface area contributed by atoms with Gasteiger partial charge < -0.3 is 15.3 Å². The number of aliphatic hydroxyl groups is 1. The third kappa shape index (κ3) is 8.99. The van der Waals surface area contributed by atoms with Crippen LogP contribution in [0, 0.1) is 11.7 Å². The molecular formula is C25H33FN2O3. The standard InChI is InChI=1S/C25H33FN2O3/c1-18(2)11-13-28(14-12-20-5-4-6-23(26)15-20)17-24(30)16-27-25(31)22-9-7-21(8-10-22)19(3)29/h4-10,15,18,24,30H,11-14,16-17H2,1-3H3,(H,27,31). The Bertz CT molecular complexity index is 852. The highest BCUT2D eigenvalue weighted by atomic mass is 19.1. The summed E-state index contributed by atoms with van der Waals surface area (Å²) >= 11 is 0. The molecule has 1 amide bonds. The van der Waals surface area contributed by atoms with Gasteiger partial charge in [-0.05, 0) is 62.1 Å². The van der Waals surface area contributed by atoms with Crippen LogP contribution >= 0.6 is 0 Å². The van der Waals surface area contributed by atoms with Gasteiger partial charge in [-0.1, -0.05) is 38.1 Å². The number of benzene rings is 2. The quantitative estimate of drug-likeness (QED) is 0.506. The van der Waals surface area contributed by atoms with Gasteiger partial charge in [0.1, 0.15) is 5.82 Å². The van der Waals surface area contributed by atoms with Crippen LogP contribution < -0.4 is 5.32 Å². The second-order valence-corrected chi connectivity index (χ2v) is 8.36. The van der Waals surface area contributed by atoms with E-state index in [0.29, 0.717) is 36.6 Å². The molecule has 0 aliphatic rings. The normalized spacial score (nSPS) is 12.2. The molecule has 0 saturated carbocycles. The van der Waals surface area contributed by atoms with E-state index in [1.165, 1.54) is 19.1 Å². The fourth-order valence-electron chi connectivity index (χ4n) is 3.25. The molecule has 31 heavy (non-hydrogen) atoms. The molecule has 2 aromatic rings. The molecular weight excluding hydrogens is 395 g/mol. The van der Waals surface area contributed by atoms with Gasteiger partial charge in [0.15, 0.2) is 5.78 Å². The molecule has 0 fully saturated rings. The topological polar surface area (TPSA) is 69.6 Å². The van der Waals surface area contributed by atoms with Crippen LogP contribution in [-0.4, -0.2) is 54.0 Å². The first-order valence-corrected chi connectivity index (χ1v) is 10.8. The minimum absolute atomic E-state index is 0.0536. The number of amides is 1. The second-order valence-electron chi connectivity index (χ2n) is 8.36. The first kappa shape index (κ1) is 24.7. The monoisotopic (exact) mass is 428 g/mol. The summed E-state index contributed by atoms with van der Waals surface area (Å²) < 4.78 is 13.4. The van der Waals surface area contributed by atoms with Crippen molar-refractivity contribution in [3.8, 4) is 0 Å². The Morgan fingerprint density at radius 2 is 1.74 bits per heavy atom. The number of carbonyl (C=O) groups excluding carboxylic acids is 2. The number of rotatable bonds is 12. The largest absolute Gasteiger partial charge is 0.390 e. The Hall–Kier alpha value is -2.57. The van der Waals surface area contributed by atoms with Crippen LogP contribution in [0.5, 0.6) is 0 Å². The average molecular weight is 429 g/mol. The predicted molar refractivity (Wildman–Crippen MR) is 121 cm³/mol. The van der Waals surface area contributed by atoms with Crippen molar-refractivity contribution < 1.29 is 19.1 Å².